The lowest BCUT2D eigenvalue weighted by atomic mass is 9.49. The van der Waals surface area contributed by atoms with Crippen LogP contribution >= 0.6 is 15.9 Å². The summed E-state index contributed by atoms with van der Waals surface area (Å²) in [6.45, 7) is 8.97. The number of aromatic nitrogens is 1. The molecule has 162 valence electrons. The number of carbonyl (C=O) groups excluding carboxylic acids is 1. The number of esters is 1. The minimum absolute atomic E-state index is 0.0525. The average Bonchev–Trinajstić information content (AvgIpc) is 3.11. The molecule has 0 aliphatic heterocycles. The number of benzene rings is 2. The third-order valence-corrected chi connectivity index (χ3v) is 8.50. The summed E-state index contributed by atoms with van der Waals surface area (Å²) in [7, 11) is 1.53. The fourth-order valence-electron chi connectivity index (χ4n) is 6.52. The highest BCUT2D eigenvalue weighted by atomic mass is 79.9. The van der Waals surface area contributed by atoms with E-state index in [9.17, 15) is 4.79 Å². The van der Waals surface area contributed by atoms with Gasteiger partial charge < -0.3 is 9.72 Å². The smallest absolute Gasteiger partial charge is 0.312 e. The average molecular weight is 480 g/mol. The van der Waals surface area contributed by atoms with E-state index in [1.807, 2.05) is 0 Å². The fraction of sp³-hybridized carbons (Fsp3) is 0.444. The van der Waals surface area contributed by atoms with Crippen molar-refractivity contribution in [3.8, 4) is 11.3 Å². The first-order chi connectivity index (χ1) is 14.7. The van der Waals surface area contributed by atoms with E-state index in [1.54, 1.807) is 0 Å². The van der Waals surface area contributed by atoms with Crippen molar-refractivity contribution in [3.05, 3.63) is 57.6 Å². The number of rotatable bonds is 2. The highest BCUT2D eigenvalue weighted by Crippen LogP contribution is 2.64. The highest BCUT2D eigenvalue weighted by molar-refractivity contribution is 9.10. The molecule has 0 unspecified atom stereocenters. The standard InChI is InChI=1S/C27H30BrNO2/c1-15(2)16-7-9-20-18(13-16)23-22(19-14-17(28)8-10-21(19)29-23)24-26(20,3)11-6-12-27(24,4)25(30)31-5/h7-10,13-15,24,29H,6,11-12H2,1-5H3/t24-,26-,27-/m1/s1. The summed E-state index contributed by atoms with van der Waals surface area (Å²) in [5.41, 5.74) is 6.87. The zero-order chi connectivity index (χ0) is 22.1. The summed E-state index contributed by atoms with van der Waals surface area (Å²) in [5, 5.41) is 1.21. The van der Waals surface area contributed by atoms with Crippen molar-refractivity contribution in [2.75, 3.05) is 7.11 Å². The minimum atomic E-state index is -0.567. The van der Waals surface area contributed by atoms with Crippen LogP contribution in [0.2, 0.25) is 0 Å². The molecular formula is C27H30BrNO2. The maximum atomic E-state index is 13.2. The molecule has 1 saturated carbocycles. The van der Waals surface area contributed by atoms with Crippen molar-refractivity contribution in [3.63, 3.8) is 0 Å². The molecule has 0 bridgehead atoms. The number of methoxy groups -OCH3 is 1. The molecule has 1 N–H and O–H groups in total. The second-order valence-corrected chi connectivity index (χ2v) is 11.1. The van der Waals surface area contributed by atoms with Gasteiger partial charge in [-0.15, -0.1) is 0 Å². The maximum Gasteiger partial charge on any atom is 0.312 e. The Balaban J connectivity index is 1.90. The topological polar surface area (TPSA) is 42.1 Å². The SMILES string of the molecule is COC(=O)[C@]1(C)CCC[C@]2(C)c3ccc(C(C)C)cc3-c3[nH]c4ccc(Br)cc4c3[C@@H]12. The number of nitrogens with one attached hydrogen (secondary N) is 1. The van der Waals surface area contributed by atoms with Crippen LogP contribution in [0.15, 0.2) is 40.9 Å². The molecule has 2 aliphatic carbocycles. The van der Waals surface area contributed by atoms with Gasteiger partial charge in [0.1, 0.15) is 0 Å². The van der Waals surface area contributed by atoms with E-state index in [2.05, 4.69) is 85.0 Å². The molecule has 0 spiro atoms. The van der Waals surface area contributed by atoms with Gasteiger partial charge in [0.2, 0.25) is 0 Å². The zero-order valence-corrected chi connectivity index (χ0v) is 20.5. The summed E-state index contributed by atoms with van der Waals surface area (Å²) in [5.74, 6) is 0.419. The second kappa shape index (κ2) is 6.96. The first-order valence-electron chi connectivity index (χ1n) is 11.2. The molecule has 1 fully saturated rings. The minimum Gasteiger partial charge on any atom is -0.469 e. The van der Waals surface area contributed by atoms with Gasteiger partial charge in [0.25, 0.3) is 0 Å². The van der Waals surface area contributed by atoms with Crippen LogP contribution in [0.25, 0.3) is 22.2 Å². The number of hydrogen-bond donors (Lipinski definition) is 1. The van der Waals surface area contributed by atoms with Crippen molar-refractivity contribution in [1.29, 1.82) is 0 Å². The lowest BCUT2D eigenvalue weighted by Gasteiger charge is -2.54. The van der Waals surface area contributed by atoms with E-state index in [4.69, 9.17) is 4.74 Å². The van der Waals surface area contributed by atoms with Crippen molar-refractivity contribution < 1.29 is 9.53 Å². The van der Waals surface area contributed by atoms with Crippen molar-refractivity contribution in [2.24, 2.45) is 5.41 Å². The predicted molar refractivity (Wildman–Crippen MR) is 130 cm³/mol. The Kier molecular flexibility index (Phi) is 4.68. The van der Waals surface area contributed by atoms with Crippen LogP contribution in [0.4, 0.5) is 0 Å². The zero-order valence-electron chi connectivity index (χ0n) is 18.9. The third kappa shape index (κ3) is 2.80. The lowest BCUT2D eigenvalue weighted by Crippen LogP contribution is -2.50. The Bertz CT molecular complexity index is 1210. The number of aromatic amines is 1. The molecule has 3 aromatic rings. The maximum absolute atomic E-state index is 13.2. The molecule has 3 nitrogen and oxygen atoms in total. The van der Waals surface area contributed by atoms with Crippen LogP contribution in [0.1, 0.15) is 75.5 Å². The molecule has 2 aliphatic rings. The Labute approximate surface area is 192 Å². The Morgan fingerprint density at radius 3 is 2.65 bits per heavy atom. The fourth-order valence-corrected chi connectivity index (χ4v) is 6.88. The normalized spacial score (nSPS) is 27.0. The van der Waals surface area contributed by atoms with Gasteiger partial charge >= 0.3 is 5.97 Å². The van der Waals surface area contributed by atoms with Crippen LogP contribution < -0.4 is 0 Å². The first-order valence-corrected chi connectivity index (χ1v) is 12.0. The summed E-state index contributed by atoms with van der Waals surface area (Å²) in [6, 6.07) is 13.4. The van der Waals surface area contributed by atoms with Crippen molar-refractivity contribution in [2.45, 2.75) is 64.2 Å². The van der Waals surface area contributed by atoms with Crippen LogP contribution in [-0.2, 0) is 14.9 Å². The van der Waals surface area contributed by atoms with Gasteiger partial charge in [-0.3, -0.25) is 4.79 Å². The largest absolute Gasteiger partial charge is 0.469 e. The van der Waals surface area contributed by atoms with Crippen LogP contribution in [0, 0.1) is 5.41 Å². The van der Waals surface area contributed by atoms with E-state index in [0.29, 0.717) is 5.92 Å². The van der Waals surface area contributed by atoms with Gasteiger partial charge in [-0.1, -0.05) is 55.3 Å². The summed E-state index contributed by atoms with van der Waals surface area (Å²) in [6.07, 6.45) is 2.93. The van der Waals surface area contributed by atoms with Crippen LogP contribution in [-0.4, -0.2) is 18.1 Å². The molecule has 0 amide bonds. The molecule has 1 heterocycles. The van der Waals surface area contributed by atoms with E-state index in [0.717, 1.165) is 29.3 Å². The first kappa shape index (κ1) is 20.8. The van der Waals surface area contributed by atoms with Gasteiger partial charge in [0.05, 0.1) is 18.2 Å². The van der Waals surface area contributed by atoms with Crippen molar-refractivity contribution >= 4 is 32.8 Å². The molecule has 0 radical (unpaired) electrons. The van der Waals surface area contributed by atoms with E-state index < -0.39 is 5.41 Å². The highest BCUT2D eigenvalue weighted by Gasteiger charge is 2.58. The monoisotopic (exact) mass is 479 g/mol. The third-order valence-electron chi connectivity index (χ3n) is 8.00. The van der Waals surface area contributed by atoms with E-state index in [1.165, 1.54) is 40.4 Å². The van der Waals surface area contributed by atoms with Gasteiger partial charge in [-0.05, 0) is 66.6 Å². The van der Waals surface area contributed by atoms with E-state index in [-0.39, 0.29) is 17.3 Å². The van der Waals surface area contributed by atoms with Gasteiger partial charge in [-0.25, -0.2) is 0 Å². The van der Waals surface area contributed by atoms with Crippen LogP contribution in [0.3, 0.4) is 0 Å². The number of H-pyrrole nitrogens is 1. The Morgan fingerprint density at radius 1 is 1.16 bits per heavy atom. The molecule has 31 heavy (non-hydrogen) atoms. The second-order valence-electron chi connectivity index (χ2n) is 10.2. The summed E-state index contributed by atoms with van der Waals surface area (Å²) < 4.78 is 6.45. The molecule has 2 aromatic carbocycles. The molecule has 1 aromatic heterocycles. The molecule has 0 saturated heterocycles. The van der Waals surface area contributed by atoms with Crippen molar-refractivity contribution in [1.82, 2.24) is 4.98 Å². The predicted octanol–water partition coefficient (Wildman–Crippen LogP) is 7.44. The summed E-state index contributed by atoms with van der Waals surface area (Å²) >= 11 is 3.67. The van der Waals surface area contributed by atoms with Gasteiger partial charge in [0.15, 0.2) is 0 Å². The van der Waals surface area contributed by atoms with Crippen LogP contribution in [0.5, 0.6) is 0 Å². The Morgan fingerprint density at radius 2 is 1.94 bits per heavy atom. The van der Waals surface area contributed by atoms with Gasteiger partial charge in [0, 0.05) is 32.3 Å². The number of fused-ring (bicyclic) bond motifs is 8. The lowest BCUT2D eigenvalue weighted by molar-refractivity contribution is -0.157. The van der Waals surface area contributed by atoms with E-state index >= 15 is 0 Å². The molecule has 4 heteroatoms. The number of carbonyl (C=O) groups is 1. The number of hydrogen-bond acceptors (Lipinski definition) is 2. The quantitative estimate of drug-likeness (QED) is 0.388. The number of halogens is 1. The molecule has 3 atom stereocenters. The summed E-state index contributed by atoms with van der Waals surface area (Å²) in [4.78, 5) is 17.0. The molecule has 5 rings (SSSR count). The van der Waals surface area contributed by atoms with Gasteiger partial charge in [-0.2, -0.15) is 0 Å². The number of ether oxygens (including phenoxy) is 1. The molecular weight excluding hydrogens is 450 g/mol. The Hall–Kier alpha value is -2.07.